The van der Waals surface area contributed by atoms with Crippen LogP contribution >= 0.6 is 0 Å². The largest absolute Gasteiger partial charge is 0.495 e. The van der Waals surface area contributed by atoms with Crippen molar-refractivity contribution < 1.29 is 14.3 Å². The molecule has 1 heterocycles. The van der Waals surface area contributed by atoms with Crippen molar-refractivity contribution in [3.8, 4) is 11.5 Å². The highest BCUT2D eigenvalue weighted by molar-refractivity contribution is 6.02. The smallest absolute Gasteiger partial charge is 0.347 e. The van der Waals surface area contributed by atoms with Crippen LogP contribution in [0.3, 0.4) is 0 Å². The molecule has 21 heavy (non-hydrogen) atoms. The molecule has 0 saturated heterocycles. The Kier molecular flexibility index (Phi) is 3.51. The van der Waals surface area contributed by atoms with E-state index >= 15 is 0 Å². The van der Waals surface area contributed by atoms with Crippen molar-refractivity contribution in [1.29, 1.82) is 0 Å². The summed E-state index contributed by atoms with van der Waals surface area (Å²) in [5, 5.41) is 1.89. The van der Waals surface area contributed by atoms with Crippen molar-refractivity contribution >= 4 is 16.7 Å². The SMILES string of the molecule is COc1c(C(=O)Oc2ccncc2)ccc2ccccc12. The van der Waals surface area contributed by atoms with E-state index in [1.807, 2.05) is 30.3 Å². The summed E-state index contributed by atoms with van der Waals surface area (Å²) in [6.07, 6.45) is 3.14. The van der Waals surface area contributed by atoms with E-state index in [1.54, 1.807) is 37.7 Å². The maximum absolute atomic E-state index is 12.3. The zero-order valence-corrected chi connectivity index (χ0v) is 11.4. The second-order valence-corrected chi connectivity index (χ2v) is 4.44. The van der Waals surface area contributed by atoms with Crippen LogP contribution in [0.2, 0.25) is 0 Å². The summed E-state index contributed by atoms with van der Waals surface area (Å²) in [4.78, 5) is 16.2. The van der Waals surface area contributed by atoms with Gasteiger partial charge in [0.2, 0.25) is 0 Å². The number of hydrogen-bond donors (Lipinski definition) is 0. The van der Waals surface area contributed by atoms with E-state index in [-0.39, 0.29) is 0 Å². The number of carbonyl (C=O) groups is 1. The van der Waals surface area contributed by atoms with Crippen LogP contribution in [-0.2, 0) is 0 Å². The summed E-state index contributed by atoms with van der Waals surface area (Å²) in [6, 6.07) is 14.6. The van der Waals surface area contributed by atoms with Gasteiger partial charge in [0, 0.05) is 17.8 Å². The quantitative estimate of drug-likeness (QED) is 0.689. The molecule has 0 bridgehead atoms. The van der Waals surface area contributed by atoms with Gasteiger partial charge >= 0.3 is 5.97 Å². The second-order valence-electron chi connectivity index (χ2n) is 4.44. The molecule has 0 fully saturated rings. The molecule has 1 aromatic heterocycles. The normalized spacial score (nSPS) is 10.3. The van der Waals surface area contributed by atoms with E-state index in [0.29, 0.717) is 17.1 Å². The zero-order valence-electron chi connectivity index (χ0n) is 11.4. The van der Waals surface area contributed by atoms with Gasteiger partial charge < -0.3 is 9.47 Å². The first-order chi connectivity index (χ1) is 10.3. The monoisotopic (exact) mass is 279 g/mol. The van der Waals surface area contributed by atoms with Crippen LogP contribution in [0.4, 0.5) is 0 Å². The van der Waals surface area contributed by atoms with Crippen LogP contribution in [0.25, 0.3) is 10.8 Å². The molecule has 2 aromatic carbocycles. The first-order valence-corrected chi connectivity index (χ1v) is 6.47. The Bertz CT molecular complexity index is 784. The molecule has 0 radical (unpaired) electrons. The summed E-state index contributed by atoms with van der Waals surface area (Å²) in [5.74, 6) is 0.515. The number of rotatable bonds is 3. The fourth-order valence-corrected chi connectivity index (χ4v) is 2.19. The fraction of sp³-hybridized carbons (Fsp3) is 0.0588. The van der Waals surface area contributed by atoms with Gasteiger partial charge in [0.1, 0.15) is 17.1 Å². The Hall–Kier alpha value is -2.88. The molecule has 0 amide bonds. The lowest BCUT2D eigenvalue weighted by atomic mass is 10.1. The lowest BCUT2D eigenvalue weighted by molar-refractivity contribution is 0.0731. The Morgan fingerprint density at radius 1 is 1.00 bits per heavy atom. The molecule has 3 rings (SSSR count). The Labute approximate surface area is 122 Å². The van der Waals surface area contributed by atoms with E-state index in [2.05, 4.69) is 4.98 Å². The standard InChI is InChI=1S/C17H13NO3/c1-20-16-14-5-3-2-4-12(14)6-7-15(16)17(19)21-13-8-10-18-11-9-13/h2-11H,1H3. The lowest BCUT2D eigenvalue weighted by Gasteiger charge is -2.11. The number of pyridine rings is 1. The van der Waals surface area contributed by atoms with Crippen LogP contribution in [0.15, 0.2) is 60.9 Å². The average molecular weight is 279 g/mol. The van der Waals surface area contributed by atoms with Gasteiger partial charge in [-0.25, -0.2) is 4.79 Å². The van der Waals surface area contributed by atoms with E-state index < -0.39 is 5.97 Å². The van der Waals surface area contributed by atoms with Crippen molar-refractivity contribution in [2.24, 2.45) is 0 Å². The van der Waals surface area contributed by atoms with Gasteiger partial charge in [-0.15, -0.1) is 0 Å². The van der Waals surface area contributed by atoms with Crippen molar-refractivity contribution in [3.63, 3.8) is 0 Å². The fourth-order valence-electron chi connectivity index (χ4n) is 2.19. The molecule has 0 N–H and O–H groups in total. The van der Waals surface area contributed by atoms with Crippen LogP contribution < -0.4 is 9.47 Å². The molecular weight excluding hydrogens is 266 g/mol. The molecule has 0 unspecified atom stereocenters. The summed E-state index contributed by atoms with van der Waals surface area (Å²) in [6.45, 7) is 0. The van der Waals surface area contributed by atoms with Gasteiger partial charge in [-0.3, -0.25) is 4.98 Å². The second kappa shape index (κ2) is 5.63. The third-order valence-electron chi connectivity index (χ3n) is 3.16. The number of benzene rings is 2. The van der Waals surface area contributed by atoms with Gasteiger partial charge in [-0.1, -0.05) is 30.3 Å². The summed E-state index contributed by atoms with van der Waals surface area (Å²) < 4.78 is 10.7. The Morgan fingerprint density at radius 2 is 1.76 bits per heavy atom. The van der Waals surface area contributed by atoms with Gasteiger partial charge in [-0.05, 0) is 23.6 Å². The predicted molar refractivity (Wildman–Crippen MR) is 79.7 cm³/mol. The molecule has 4 nitrogen and oxygen atoms in total. The summed E-state index contributed by atoms with van der Waals surface area (Å²) >= 11 is 0. The number of hydrogen-bond acceptors (Lipinski definition) is 4. The van der Waals surface area contributed by atoms with Crippen LogP contribution in [-0.4, -0.2) is 18.1 Å². The maximum atomic E-state index is 12.3. The summed E-state index contributed by atoms with van der Waals surface area (Å²) in [7, 11) is 1.55. The number of methoxy groups -OCH3 is 1. The lowest BCUT2D eigenvalue weighted by Crippen LogP contribution is -2.10. The number of nitrogens with zero attached hydrogens (tertiary/aromatic N) is 1. The average Bonchev–Trinajstić information content (AvgIpc) is 2.54. The first-order valence-electron chi connectivity index (χ1n) is 6.47. The number of ether oxygens (including phenoxy) is 2. The highest BCUT2D eigenvalue weighted by Gasteiger charge is 2.17. The molecule has 0 saturated carbocycles. The number of fused-ring (bicyclic) bond motifs is 1. The van der Waals surface area contributed by atoms with Gasteiger partial charge in [-0.2, -0.15) is 0 Å². The van der Waals surface area contributed by atoms with Crippen LogP contribution in [0.5, 0.6) is 11.5 Å². The van der Waals surface area contributed by atoms with E-state index in [0.717, 1.165) is 10.8 Å². The molecule has 0 spiro atoms. The van der Waals surface area contributed by atoms with Crippen molar-refractivity contribution in [3.05, 3.63) is 66.5 Å². The molecule has 4 heteroatoms. The topological polar surface area (TPSA) is 48.4 Å². The minimum Gasteiger partial charge on any atom is -0.495 e. The minimum atomic E-state index is -0.455. The molecule has 104 valence electrons. The Morgan fingerprint density at radius 3 is 2.52 bits per heavy atom. The molecule has 0 aliphatic rings. The number of esters is 1. The highest BCUT2D eigenvalue weighted by atomic mass is 16.5. The number of carbonyl (C=O) groups excluding carboxylic acids is 1. The maximum Gasteiger partial charge on any atom is 0.347 e. The van der Waals surface area contributed by atoms with Crippen molar-refractivity contribution in [2.75, 3.05) is 7.11 Å². The molecule has 0 aliphatic carbocycles. The third kappa shape index (κ3) is 2.56. The molecule has 3 aromatic rings. The summed E-state index contributed by atoms with van der Waals surface area (Å²) in [5.41, 5.74) is 0.396. The van der Waals surface area contributed by atoms with Gasteiger partial charge in [0.15, 0.2) is 0 Å². The highest BCUT2D eigenvalue weighted by Crippen LogP contribution is 2.30. The van der Waals surface area contributed by atoms with E-state index in [1.165, 1.54) is 0 Å². The van der Waals surface area contributed by atoms with E-state index in [9.17, 15) is 4.79 Å². The number of aromatic nitrogens is 1. The third-order valence-corrected chi connectivity index (χ3v) is 3.16. The molecule has 0 aliphatic heterocycles. The zero-order chi connectivity index (χ0) is 14.7. The Balaban J connectivity index is 2.02. The predicted octanol–water partition coefficient (Wildman–Crippen LogP) is 3.46. The minimum absolute atomic E-state index is 0.396. The van der Waals surface area contributed by atoms with Crippen LogP contribution in [0, 0.1) is 0 Å². The first kappa shape index (κ1) is 13.1. The molecular formula is C17H13NO3. The van der Waals surface area contributed by atoms with Crippen molar-refractivity contribution in [2.45, 2.75) is 0 Å². The molecule has 0 atom stereocenters. The van der Waals surface area contributed by atoms with Crippen molar-refractivity contribution in [1.82, 2.24) is 4.98 Å². The van der Waals surface area contributed by atoms with Gasteiger partial charge in [0.05, 0.1) is 7.11 Å². The van der Waals surface area contributed by atoms with E-state index in [4.69, 9.17) is 9.47 Å². The van der Waals surface area contributed by atoms with Crippen LogP contribution in [0.1, 0.15) is 10.4 Å². The van der Waals surface area contributed by atoms with Gasteiger partial charge in [0.25, 0.3) is 0 Å².